The molecule has 0 spiro atoms. The fraction of sp³-hybridized carbons (Fsp3) is 0.552. The number of carbonyl (C=O) groups is 1. The molecule has 1 amide bonds. The highest BCUT2D eigenvalue weighted by atomic mass is 16.5. The van der Waals surface area contributed by atoms with Crippen LogP contribution in [-0.4, -0.2) is 79.0 Å². The first-order valence-corrected chi connectivity index (χ1v) is 13.2. The SMILES string of the molecule is Cc1ccc(OC[C@]2(O)COCCN(Cc3cccc(OCCCN4CCCCCC4=O)c3)C2)cc1. The van der Waals surface area contributed by atoms with Crippen molar-refractivity contribution in [3.63, 3.8) is 0 Å². The van der Waals surface area contributed by atoms with Gasteiger partial charge in [0.05, 0.1) is 19.8 Å². The Labute approximate surface area is 214 Å². The number of ether oxygens (including phenoxy) is 3. The van der Waals surface area contributed by atoms with Crippen LogP contribution in [0.2, 0.25) is 0 Å². The molecule has 1 atom stereocenters. The summed E-state index contributed by atoms with van der Waals surface area (Å²) in [5, 5.41) is 11.2. The normalized spacial score (nSPS) is 21.6. The first kappa shape index (κ1) is 26.5. The van der Waals surface area contributed by atoms with Crippen molar-refractivity contribution in [3.05, 3.63) is 59.7 Å². The Morgan fingerprint density at radius 1 is 1.03 bits per heavy atom. The van der Waals surface area contributed by atoms with Gasteiger partial charge in [0.2, 0.25) is 5.91 Å². The molecule has 0 saturated carbocycles. The second-order valence-electron chi connectivity index (χ2n) is 10.1. The van der Waals surface area contributed by atoms with Gasteiger partial charge in [-0.3, -0.25) is 9.69 Å². The van der Waals surface area contributed by atoms with Crippen molar-refractivity contribution in [2.45, 2.75) is 51.2 Å². The number of hydrogen-bond donors (Lipinski definition) is 1. The number of hydrogen-bond acceptors (Lipinski definition) is 6. The topological polar surface area (TPSA) is 71.5 Å². The van der Waals surface area contributed by atoms with E-state index in [0.29, 0.717) is 32.7 Å². The van der Waals surface area contributed by atoms with Gasteiger partial charge in [0.1, 0.15) is 23.7 Å². The highest BCUT2D eigenvalue weighted by Crippen LogP contribution is 2.21. The molecule has 2 heterocycles. The Bertz CT molecular complexity index is 966. The summed E-state index contributed by atoms with van der Waals surface area (Å²) in [5.41, 5.74) is 1.21. The van der Waals surface area contributed by atoms with E-state index in [-0.39, 0.29) is 19.1 Å². The number of nitrogens with zero attached hydrogens (tertiary/aromatic N) is 2. The molecule has 2 saturated heterocycles. The molecule has 0 bridgehead atoms. The van der Waals surface area contributed by atoms with Crippen LogP contribution < -0.4 is 9.47 Å². The molecule has 196 valence electrons. The molecule has 2 aromatic carbocycles. The minimum atomic E-state index is -1.08. The molecule has 7 nitrogen and oxygen atoms in total. The summed E-state index contributed by atoms with van der Waals surface area (Å²) in [6, 6.07) is 16.0. The summed E-state index contributed by atoms with van der Waals surface area (Å²) in [7, 11) is 0. The Balaban J connectivity index is 1.25. The maximum atomic E-state index is 12.2. The first-order valence-electron chi connectivity index (χ1n) is 13.2. The van der Waals surface area contributed by atoms with Gasteiger partial charge in [-0.05, 0) is 56.0 Å². The van der Waals surface area contributed by atoms with Crippen LogP contribution in [0, 0.1) is 6.92 Å². The number of aliphatic hydroxyl groups is 1. The van der Waals surface area contributed by atoms with Crippen molar-refractivity contribution in [2.24, 2.45) is 0 Å². The molecule has 36 heavy (non-hydrogen) atoms. The van der Waals surface area contributed by atoms with Crippen LogP contribution in [0.25, 0.3) is 0 Å². The summed E-state index contributed by atoms with van der Waals surface area (Å²) in [4.78, 5) is 16.3. The fourth-order valence-electron chi connectivity index (χ4n) is 4.78. The summed E-state index contributed by atoms with van der Waals surface area (Å²) in [6.45, 7) is 7.14. The Hall–Kier alpha value is -2.61. The maximum absolute atomic E-state index is 12.2. The van der Waals surface area contributed by atoms with Crippen molar-refractivity contribution in [2.75, 3.05) is 52.6 Å². The monoisotopic (exact) mass is 496 g/mol. The number of carbonyl (C=O) groups excluding carboxylic acids is 1. The lowest BCUT2D eigenvalue weighted by Gasteiger charge is -2.30. The smallest absolute Gasteiger partial charge is 0.222 e. The molecule has 0 aliphatic carbocycles. The van der Waals surface area contributed by atoms with E-state index >= 15 is 0 Å². The van der Waals surface area contributed by atoms with Crippen molar-refractivity contribution in [3.8, 4) is 11.5 Å². The van der Waals surface area contributed by atoms with E-state index in [9.17, 15) is 9.90 Å². The number of likely N-dealkylation sites (tertiary alicyclic amines) is 1. The zero-order chi connectivity index (χ0) is 25.2. The lowest BCUT2D eigenvalue weighted by molar-refractivity contribution is -0.130. The van der Waals surface area contributed by atoms with Crippen LogP contribution in [0.1, 0.15) is 43.2 Å². The van der Waals surface area contributed by atoms with E-state index in [1.807, 2.05) is 48.2 Å². The Morgan fingerprint density at radius 2 is 1.89 bits per heavy atom. The third-order valence-corrected chi connectivity index (χ3v) is 6.79. The van der Waals surface area contributed by atoms with E-state index in [4.69, 9.17) is 14.2 Å². The number of amides is 1. The predicted octanol–water partition coefficient (Wildman–Crippen LogP) is 3.81. The number of benzene rings is 2. The predicted molar refractivity (Wildman–Crippen MR) is 139 cm³/mol. The average Bonchev–Trinajstić information content (AvgIpc) is 3.19. The molecule has 2 aliphatic heterocycles. The average molecular weight is 497 g/mol. The van der Waals surface area contributed by atoms with Gasteiger partial charge in [0, 0.05) is 39.1 Å². The second-order valence-corrected chi connectivity index (χ2v) is 10.1. The van der Waals surface area contributed by atoms with Gasteiger partial charge in [-0.2, -0.15) is 0 Å². The zero-order valence-corrected chi connectivity index (χ0v) is 21.5. The van der Waals surface area contributed by atoms with Gasteiger partial charge in [-0.15, -0.1) is 0 Å². The first-order chi connectivity index (χ1) is 17.5. The van der Waals surface area contributed by atoms with Crippen LogP contribution in [0.3, 0.4) is 0 Å². The molecular formula is C29H40N2O5. The van der Waals surface area contributed by atoms with Crippen LogP contribution in [0.5, 0.6) is 11.5 Å². The molecule has 0 aromatic heterocycles. The molecule has 4 rings (SSSR count). The van der Waals surface area contributed by atoms with Crippen LogP contribution >= 0.6 is 0 Å². The molecule has 7 heteroatoms. The summed E-state index contributed by atoms with van der Waals surface area (Å²) < 4.78 is 17.6. The van der Waals surface area contributed by atoms with Crippen molar-refractivity contribution >= 4 is 5.91 Å². The van der Waals surface area contributed by atoms with Crippen molar-refractivity contribution in [1.29, 1.82) is 0 Å². The van der Waals surface area contributed by atoms with Crippen molar-refractivity contribution in [1.82, 2.24) is 9.80 Å². The van der Waals surface area contributed by atoms with Crippen LogP contribution in [0.15, 0.2) is 48.5 Å². The van der Waals surface area contributed by atoms with Crippen LogP contribution in [0.4, 0.5) is 0 Å². The Kier molecular flexibility index (Phi) is 9.61. The summed E-state index contributed by atoms with van der Waals surface area (Å²) in [6.07, 6.45) is 4.76. The summed E-state index contributed by atoms with van der Waals surface area (Å²) in [5.74, 6) is 1.86. The molecular weight excluding hydrogens is 456 g/mol. The third-order valence-electron chi connectivity index (χ3n) is 6.79. The molecule has 1 N–H and O–H groups in total. The zero-order valence-electron chi connectivity index (χ0n) is 21.5. The number of β-amino-alcohol motifs (C(OH)–C–C–N with tert-alkyl or cyclic N) is 1. The van der Waals surface area contributed by atoms with E-state index in [1.165, 1.54) is 5.56 Å². The highest BCUT2D eigenvalue weighted by Gasteiger charge is 2.33. The van der Waals surface area contributed by atoms with Gasteiger partial charge in [-0.1, -0.05) is 36.2 Å². The molecule has 2 fully saturated rings. The standard InChI is InChI=1S/C29H40N2O5/c1-24-10-12-26(13-11-24)36-23-29(33)21-30(16-18-34-22-29)20-25-7-5-8-27(19-25)35-17-6-15-31-14-4-2-3-9-28(31)32/h5,7-8,10-13,19,33H,2-4,6,9,14-18,20-23H2,1H3/t29-/m1/s1. The van der Waals surface area contributed by atoms with E-state index in [1.54, 1.807) is 0 Å². The van der Waals surface area contributed by atoms with Crippen LogP contribution in [-0.2, 0) is 16.1 Å². The minimum absolute atomic E-state index is 0.176. The van der Waals surface area contributed by atoms with E-state index < -0.39 is 5.60 Å². The fourth-order valence-corrected chi connectivity index (χ4v) is 4.78. The number of rotatable bonds is 10. The lowest BCUT2D eigenvalue weighted by atomic mass is 10.1. The second kappa shape index (κ2) is 13.1. The lowest BCUT2D eigenvalue weighted by Crippen LogP contribution is -2.48. The quantitative estimate of drug-likeness (QED) is 0.505. The van der Waals surface area contributed by atoms with Crippen molar-refractivity contribution < 1.29 is 24.1 Å². The molecule has 0 unspecified atom stereocenters. The molecule has 2 aliphatic rings. The van der Waals surface area contributed by atoms with Gasteiger partial charge >= 0.3 is 0 Å². The minimum Gasteiger partial charge on any atom is -0.494 e. The maximum Gasteiger partial charge on any atom is 0.222 e. The van der Waals surface area contributed by atoms with Gasteiger partial charge in [-0.25, -0.2) is 0 Å². The highest BCUT2D eigenvalue weighted by molar-refractivity contribution is 5.76. The Morgan fingerprint density at radius 3 is 2.75 bits per heavy atom. The van der Waals surface area contributed by atoms with Gasteiger partial charge in [0.25, 0.3) is 0 Å². The van der Waals surface area contributed by atoms with E-state index in [0.717, 1.165) is 62.4 Å². The molecule has 0 radical (unpaired) electrons. The third kappa shape index (κ3) is 8.22. The number of aryl methyl sites for hydroxylation is 1. The largest absolute Gasteiger partial charge is 0.494 e. The molecule has 2 aromatic rings. The van der Waals surface area contributed by atoms with E-state index in [2.05, 4.69) is 17.0 Å². The van der Waals surface area contributed by atoms with Gasteiger partial charge in [0.15, 0.2) is 0 Å². The van der Waals surface area contributed by atoms with Gasteiger partial charge < -0.3 is 24.2 Å². The summed E-state index contributed by atoms with van der Waals surface area (Å²) >= 11 is 0.